The second kappa shape index (κ2) is 6.21. The molecule has 1 aliphatic carbocycles. The van der Waals surface area contributed by atoms with E-state index in [0.717, 1.165) is 11.3 Å². The predicted octanol–water partition coefficient (Wildman–Crippen LogP) is 2.51. The van der Waals surface area contributed by atoms with Gasteiger partial charge in [0.05, 0.1) is 12.7 Å². The fourth-order valence-electron chi connectivity index (χ4n) is 2.18. The third-order valence-electron chi connectivity index (χ3n) is 3.48. The molecule has 0 heterocycles. The third-order valence-corrected chi connectivity index (χ3v) is 3.48. The molecule has 0 radical (unpaired) electrons. The lowest BCUT2D eigenvalue weighted by Crippen LogP contribution is -2.30. The molecule has 0 aromatic heterocycles. The minimum atomic E-state index is -0.202. The van der Waals surface area contributed by atoms with Crippen LogP contribution in [0.1, 0.15) is 38.3 Å². The lowest BCUT2D eigenvalue weighted by Gasteiger charge is -2.19. The molecular formula is C15H23NO2. The second-order valence-electron chi connectivity index (χ2n) is 5.01. The lowest BCUT2D eigenvalue weighted by molar-refractivity contribution is 0.145. The van der Waals surface area contributed by atoms with Gasteiger partial charge in [-0.25, -0.2) is 0 Å². The molecular weight excluding hydrogens is 226 g/mol. The van der Waals surface area contributed by atoms with Gasteiger partial charge >= 0.3 is 0 Å². The standard InChI is InChI=1S/C15H23NO2/c1-3-18-15-7-5-4-6-13(15)11(2)16-10-14(17)12-8-9-12/h4-7,11-12,14,16-17H,3,8-10H2,1-2H3. The maximum Gasteiger partial charge on any atom is 0.124 e. The number of benzene rings is 1. The van der Waals surface area contributed by atoms with E-state index in [2.05, 4.69) is 18.3 Å². The summed E-state index contributed by atoms with van der Waals surface area (Å²) in [5.74, 6) is 1.45. The van der Waals surface area contributed by atoms with E-state index in [1.165, 1.54) is 12.8 Å². The van der Waals surface area contributed by atoms with Gasteiger partial charge in [-0.2, -0.15) is 0 Å². The molecule has 2 unspecified atom stereocenters. The van der Waals surface area contributed by atoms with E-state index >= 15 is 0 Å². The monoisotopic (exact) mass is 249 g/mol. The van der Waals surface area contributed by atoms with E-state index in [1.54, 1.807) is 0 Å². The van der Waals surface area contributed by atoms with Crippen LogP contribution < -0.4 is 10.1 Å². The van der Waals surface area contributed by atoms with Gasteiger partial charge in [-0.3, -0.25) is 0 Å². The Labute approximate surface area is 109 Å². The molecule has 1 aromatic carbocycles. The Morgan fingerprint density at radius 1 is 1.39 bits per heavy atom. The molecule has 3 nitrogen and oxygen atoms in total. The molecule has 0 aliphatic heterocycles. The third kappa shape index (κ3) is 3.47. The highest BCUT2D eigenvalue weighted by atomic mass is 16.5. The number of hydrogen-bond acceptors (Lipinski definition) is 3. The predicted molar refractivity (Wildman–Crippen MR) is 72.8 cm³/mol. The Morgan fingerprint density at radius 3 is 2.78 bits per heavy atom. The van der Waals surface area contributed by atoms with Crippen LogP contribution in [0.3, 0.4) is 0 Å². The van der Waals surface area contributed by atoms with E-state index in [4.69, 9.17) is 4.74 Å². The number of aliphatic hydroxyl groups is 1. The number of nitrogens with one attached hydrogen (secondary N) is 1. The quantitative estimate of drug-likeness (QED) is 0.780. The summed E-state index contributed by atoms with van der Waals surface area (Å²) in [5.41, 5.74) is 1.15. The fourth-order valence-corrected chi connectivity index (χ4v) is 2.18. The number of ether oxygens (including phenoxy) is 1. The van der Waals surface area contributed by atoms with Gasteiger partial charge in [0.25, 0.3) is 0 Å². The van der Waals surface area contributed by atoms with Gasteiger partial charge in [0.2, 0.25) is 0 Å². The Kier molecular flexibility index (Phi) is 4.61. The molecule has 0 spiro atoms. The first-order valence-corrected chi connectivity index (χ1v) is 6.85. The molecule has 0 bridgehead atoms. The molecule has 100 valence electrons. The van der Waals surface area contributed by atoms with E-state index in [-0.39, 0.29) is 12.1 Å². The zero-order valence-corrected chi connectivity index (χ0v) is 11.2. The number of aliphatic hydroxyl groups excluding tert-OH is 1. The number of hydrogen-bond donors (Lipinski definition) is 2. The molecule has 0 saturated heterocycles. The molecule has 2 atom stereocenters. The zero-order valence-electron chi connectivity index (χ0n) is 11.2. The highest BCUT2D eigenvalue weighted by Crippen LogP contribution is 2.32. The van der Waals surface area contributed by atoms with E-state index in [9.17, 15) is 5.11 Å². The van der Waals surface area contributed by atoms with Crippen molar-refractivity contribution in [2.24, 2.45) is 5.92 Å². The minimum absolute atomic E-state index is 0.196. The first-order valence-electron chi connectivity index (χ1n) is 6.85. The van der Waals surface area contributed by atoms with Crippen molar-refractivity contribution in [1.82, 2.24) is 5.32 Å². The maximum absolute atomic E-state index is 9.86. The first-order chi connectivity index (χ1) is 8.72. The second-order valence-corrected chi connectivity index (χ2v) is 5.01. The molecule has 3 heteroatoms. The van der Waals surface area contributed by atoms with Crippen LogP contribution in [-0.2, 0) is 0 Å². The Bertz CT molecular complexity index is 377. The van der Waals surface area contributed by atoms with Crippen LogP contribution >= 0.6 is 0 Å². The summed E-state index contributed by atoms with van der Waals surface area (Å²) in [5, 5.41) is 13.3. The summed E-state index contributed by atoms with van der Waals surface area (Å²) in [6.07, 6.45) is 2.14. The Hall–Kier alpha value is -1.06. The summed E-state index contributed by atoms with van der Waals surface area (Å²) < 4.78 is 5.62. The summed E-state index contributed by atoms with van der Waals surface area (Å²) in [7, 11) is 0. The Morgan fingerprint density at radius 2 is 2.11 bits per heavy atom. The van der Waals surface area contributed by atoms with Gasteiger partial charge in [0.15, 0.2) is 0 Å². The topological polar surface area (TPSA) is 41.5 Å². The zero-order chi connectivity index (χ0) is 13.0. The fraction of sp³-hybridized carbons (Fsp3) is 0.600. The van der Waals surface area contributed by atoms with E-state index in [1.807, 2.05) is 25.1 Å². The number of para-hydroxylation sites is 1. The van der Waals surface area contributed by atoms with Crippen LogP contribution in [0.4, 0.5) is 0 Å². The molecule has 1 saturated carbocycles. The normalized spacial score (nSPS) is 18.4. The molecule has 2 rings (SSSR count). The molecule has 0 amide bonds. The van der Waals surface area contributed by atoms with Gasteiger partial charge in [-0.1, -0.05) is 18.2 Å². The number of rotatable bonds is 7. The highest BCUT2D eigenvalue weighted by Gasteiger charge is 2.29. The van der Waals surface area contributed by atoms with Crippen LogP contribution in [0.5, 0.6) is 5.75 Å². The van der Waals surface area contributed by atoms with Crippen molar-refractivity contribution in [2.75, 3.05) is 13.2 Å². The highest BCUT2D eigenvalue weighted by molar-refractivity contribution is 5.35. The average molecular weight is 249 g/mol. The van der Waals surface area contributed by atoms with Crippen LogP contribution in [-0.4, -0.2) is 24.4 Å². The van der Waals surface area contributed by atoms with Crippen molar-refractivity contribution < 1.29 is 9.84 Å². The van der Waals surface area contributed by atoms with E-state index < -0.39 is 0 Å². The van der Waals surface area contributed by atoms with Gasteiger partial charge in [0.1, 0.15) is 5.75 Å². The summed E-state index contributed by atoms with van der Waals surface area (Å²) in [4.78, 5) is 0. The smallest absolute Gasteiger partial charge is 0.124 e. The van der Waals surface area contributed by atoms with Crippen molar-refractivity contribution in [1.29, 1.82) is 0 Å². The Balaban J connectivity index is 1.92. The van der Waals surface area contributed by atoms with Crippen LogP contribution in [0.2, 0.25) is 0 Å². The van der Waals surface area contributed by atoms with Gasteiger partial charge < -0.3 is 15.2 Å². The van der Waals surface area contributed by atoms with Crippen molar-refractivity contribution in [3.8, 4) is 5.75 Å². The van der Waals surface area contributed by atoms with E-state index in [0.29, 0.717) is 19.1 Å². The van der Waals surface area contributed by atoms with Crippen molar-refractivity contribution in [3.63, 3.8) is 0 Å². The van der Waals surface area contributed by atoms with Crippen molar-refractivity contribution >= 4 is 0 Å². The first kappa shape index (κ1) is 13.4. The lowest BCUT2D eigenvalue weighted by atomic mass is 10.1. The van der Waals surface area contributed by atoms with Crippen LogP contribution in [0.25, 0.3) is 0 Å². The maximum atomic E-state index is 9.86. The molecule has 2 N–H and O–H groups in total. The summed E-state index contributed by atoms with van der Waals surface area (Å²) in [6, 6.07) is 8.27. The van der Waals surface area contributed by atoms with Gasteiger partial charge in [-0.15, -0.1) is 0 Å². The van der Waals surface area contributed by atoms with Gasteiger partial charge in [0, 0.05) is 18.2 Å². The van der Waals surface area contributed by atoms with Gasteiger partial charge in [-0.05, 0) is 38.7 Å². The SMILES string of the molecule is CCOc1ccccc1C(C)NCC(O)C1CC1. The van der Waals surface area contributed by atoms with Crippen molar-refractivity contribution in [2.45, 2.75) is 38.8 Å². The molecule has 1 aromatic rings. The molecule has 1 fully saturated rings. The molecule has 1 aliphatic rings. The summed E-state index contributed by atoms with van der Waals surface area (Å²) >= 11 is 0. The minimum Gasteiger partial charge on any atom is -0.494 e. The average Bonchev–Trinajstić information content (AvgIpc) is 3.21. The summed E-state index contributed by atoms with van der Waals surface area (Å²) in [6.45, 7) is 5.43. The largest absolute Gasteiger partial charge is 0.494 e. The van der Waals surface area contributed by atoms with Crippen LogP contribution in [0.15, 0.2) is 24.3 Å². The van der Waals surface area contributed by atoms with Crippen LogP contribution in [0, 0.1) is 5.92 Å². The van der Waals surface area contributed by atoms with Crippen molar-refractivity contribution in [3.05, 3.63) is 29.8 Å². The molecule has 18 heavy (non-hydrogen) atoms.